The zero-order valence-corrected chi connectivity index (χ0v) is 17.7. The van der Waals surface area contributed by atoms with Crippen LogP contribution in [0, 0.1) is 6.92 Å². The van der Waals surface area contributed by atoms with Crippen molar-refractivity contribution in [1.29, 1.82) is 0 Å². The molecule has 0 bridgehead atoms. The van der Waals surface area contributed by atoms with E-state index in [1.165, 1.54) is 10.4 Å². The van der Waals surface area contributed by atoms with Gasteiger partial charge >= 0.3 is 0 Å². The van der Waals surface area contributed by atoms with E-state index < -0.39 is 16.1 Å². The summed E-state index contributed by atoms with van der Waals surface area (Å²) in [6.07, 6.45) is 2.84. The van der Waals surface area contributed by atoms with Gasteiger partial charge in [0.15, 0.2) is 0 Å². The number of aryl methyl sites for hydroxylation is 2. The molecule has 2 amide bonds. The van der Waals surface area contributed by atoms with Crippen molar-refractivity contribution in [2.75, 3.05) is 17.2 Å². The van der Waals surface area contributed by atoms with Gasteiger partial charge in [0.2, 0.25) is 21.8 Å². The van der Waals surface area contributed by atoms with Crippen molar-refractivity contribution in [2.45, 2.75) is 50.0 Å². The normalized spacial score (nSPS) is 19.6. The minimum Gasteiger partial charge on any atom is -0.326 e. The molecule has 1 fully saturated rings. The summed E-state index contributed by atoms with van der Waals surface area (Å²) in [5, 5.41) is 5.69. The first-order valence-corrected chi connectivity index (χ1v) is 11.6. The fraction of sp³-hybridized carbons (Fsp3) is 0.364. The maximum absolute atomic E-state index is 13.4. The average Bonchev–Trinajstić information content (AvgIpc) is 3.14. The number of nitrogens with zero attached hydrogens (tertiary/aromatic N) is 1. The highest BCUT2D eigenvalue weighted by molar-refractivity contribution is 7.89. The van der Waals surface area contributed by atoms with Gasteiger partial charge in [-0.1, -0.05) is 18.2 Å². The second kappa shape index (κ2) is 8.20. The topological polar surface area (TPSA) is 95.6 Å². The summed E-state index contributed by atoms with van der Waals surface area (Å²) in [5.41, 5.74) is 3.08. The smallest absolute Gasteiger partial charge is 0.243 e. The highest BCUT2D eigenvalue weighted by Crippen LogP contribution is 2.31. The number of carbonyl (C=O) groups excluding carboxylic acids is 2. The number of nitrogens with one attached hydrogen (secondary N) is 2. The lowest BCUT2D eigenvalue weighted by Gasteiger charge is -2.24. The molecule has 0 spiro atoms. The molecule has 1 saturated heterocycles. The van der Waals surface area contributed by atoms with Crippen molar-refractivity contribution in [3.8, 4) is 0 Å². The molecule has 0 aromatic heterocycles. The first-order chi connectivity index (χ1) is 14.4. The second-order valence-corrected chi connectivity index (χ2v) is 9.69. The largest absolute Gasteiger partial charge is 0.326 e. The van der Waals surface area contributed by atoms with Gasteiger partial charge in [0.25, 0.3) is 0 Å². The van der Waals surface area contributed by atoms with Gasteiger partial charge in [0.05, 0.1) is 4.90 Å². The third-order valence-corrected chi connectivity index (χ3v) is 7.62. The molecule has 0 saturated carbocycles. The van der Waals surface area contributed by atoms with E-state index in [1.807, 2.05) is 31.2 Å². The third-order valence-electron chi connectivity index (χ3n) is 5.72. The number of para-hydroxylation sites is 1. The maximum Gasteiger partial charge on any atom is 0.243 e. The summed E-state index contributed by atoms with van der Waals surface area (Å²) in [6.45, 7) is 2.20. The molecule has 2 aliphatic heterocycles. The van der Waals surface area contributed by atoms with Crippen molar-refractivity contribution >= 4 is 33.2 Å². The van der Waals surface area contributed by atoms with Crippen molar-refractivity contribution in [2.24, 2.45) is 0 Å². The Balaban J connectivity index is 1.59. The number of rotatable bonds is 4. The van der Waals surface area contributed by atoms with Crippen LogP contribution in [0.4, 0.5) is 11.4 Å². The fourth-order valence-electron chi connectivity index (χ4n) is 4.07. The van der Waals surface area contributed by atoms with Crippen molar-refractivity contribution in [1.82, 2.24) is 4.31 Å². The van der Waals surface area contributed by atoms with Crippen molar-refractivity contribution < 1.29 is 18.0 Å². The Bertz CT molecular complexity index is 1100. The van der Waals surface area contributed by atoms with Crippen LogP contribution in [-0.2, 0) is 26.0 Å². The summed E-state index contributed by atoms with van der Waals surface area (Å²) in [6, 6.07) is 11.5. The molecule has 1 unspecified atom stereocenters. The van der Waals surface area contributed by atoms with Gasteiger partial charge in [-0.2, -0.15) is 4.31 Å². The van der Waals surface area contributed by atoms with Crippen LogP contribution in [-0.4, -0.2) is 37.1 Å². The minimum atomic E-state index is -3.83. The molecule has 7 nitrogen and oxygen atoms in total. The summed E-state index contributed by atoms with van der Waals surface area (Å²) in [4.78, 5) is 24.8. The Morgan fingerprint density at radius 3 is 2.73 bits per heavy atom. The van der Waals surface area contributed by atoms with E-state index >= 15 is 0 Å². The molecular formula is C22H25N3O4S. The maximum atomic E-state index is 13.4. The molecule has 30 heavy (non-hydrogen) atoms. The summed E-state index contributed by atoms with van der Waals surface area (Å²) in [5.74, 6) is -0.371. The number of hydrogen-bond acceptors (Lipinski definition) is 4. The Kier molecular flexibility index (Phi) is 5.62. The van der Waals surface area contributed by atoms with Crippen LogP contribution >= 0.6 is 0 Å². The monoisotopic (exact) mass is 427 g/mol. The van der Waals surface area contributed by atoms with Crippen LogP contribution in [0.3, 0.4) is 0 Å². The van der Waals surface area contributed by atoms with E-state index in [4.69, 9.17) is 0 Å². The number of hydrogen-bond donors (Lipinski definition) is 2. The minimum absolute atomic E-state index is 0.0585. The molecule has 2 aromatic rings. The third kappa shape index (κ3) is 3.97. The molecule has 2 heterocycles. The summed E-state index contributed by atoms with van der Waals surface area (Å²) in [7, 11) is -3.83. The fourth-order valence-corrected chi connectivity index (χ4v) is 5.77. The second-order valence-electron chi connectivity index (χ2n) is 7.80. The lowest BCUT2D eigenvalue weighted by atomic mass is 10.1. The zero-order valence-electron chi connectivity index (χ0n) is 16.8. The first kappa shape index (κ1) is 20.6. The number of carbonyl (C=O) groups is 2. The van der Waals surface area contributed by atoms with Gasteiger partial charge in [-0.05, 0) is 68.0 Å². The molecule has 2 aromatic carbocycles. The van der Waals surface area contributed by atoms with Crippen molar-refractivity contribution in [3.63, 3.8) is 0 Å². The summed E-state index contributed by atoms with van der Waals surface area (Å²) >= 11 is 0. The molecule has 2 N–H and O–H groups in total. The highest BCUT2D eigenvalue weighted by atomic mass is 32.2. The standard InChI is InChI=1S/C22H25N3O4S/c1-15-6-2-3-8-18(15)24-22(27)20-9-5-13-25(20)30(28,29)17-11-12-19-16(14-17)7-4-10-21(26)23-19/h2-3,6,8,11-12,14,20H,4-5,7,9-10,13H2,1H3,(H,23,26)(H,24,27). The molecule has 0 aliphatic carbocycles. The zero-order chi connectivity index (χ0) is 21.3. The Hall–Kier alpha value is -2.71. The van der Waals surface area contributed by atoms with E-state index in [9.17, 15) is 18.0 Å². The quantitative estimate of drug-likeness (QED) is 0.784. The predicted molar refractivity (Wildman–Crippen MR) is 115 cm³/mol. The molecular weight excluding hydrogens is 402 g/mol. The van der Waals surface area contributed by atoms with Crippen LogP contribution in [0.5, 0.6) is 0 Å². The first-order valence-electron chi connectivity index (χ1n) is 10.2. The van der Waals surface area contributed by atoms with Crippen LogP contribution in [0.15, 0.2) is 47.4 Å². The van der Waals surface area contributed by atoms with Crippen LogP contribution in [0.2, 0.25) is 0 Å². The Morgan fingerprint density at radius 2 is 1.93 bits per heavy atom. The SMILES string of the molecule is Cc1ccccc1NC(=O)C1CCCN1S(=O)(=O)c1ccc2c(c1)CCCC(=O)N2. The molecule has 8 heteroatoms. The number of anilines is 2. The lowest BCUT2D eigenvalue weighted by molar-refractivity contribution is -0.119. The van der Waals surface area contributed by atoms with Crippen LogP contribution in [0.1, 0.15) is 36.8 Å². The highest BCUT2D eigenvalue weighted by Gasteiger charge is 2.39. The van der Waals surface area contributed by atoms with E-state index in [1.54, 1.807) is 12.1 Å². The van der Waals surface area contributed by atoms with Gasteiger partial charge in [-0.25, -0.2) is 8.42 Å². The number of amides is 2. The van der Waals surface area contributed by atoms with Crippen LogP contribution in [0.25, 0.3) is 0 Å². The van der Waals surface area contributed by atoms with Gasteiger partial charge in [-0.15, -0.1) is 0 Å². The molecule has 2 aliphatic rings. The van der Waals surface area contributed by atoms with Gasteiger partial charge in [-0.3, -0.25) is 9.59 Å². The molecule has 4 rings (SSSR count). The average molecular weight is 428 g/mol. The van der Waals surface area contributed by atoms with Gasteiger partial charge < -0.3 is 10.6 Å². The van der Waals surface area contributed by atoms with E-state index in [2.05, 4.69) is 10.6 Å². The molecule has 158 valence electrons. The van der Waals surface area contributed by atoms with Gasteiger partial charge in [0.1, 0.15) is 6.04 Å². The van der Waals surface area contributed by atoms with E-state index in [0.29, 0.717) is 50.0 Å². The lowest BCUT2D eigenvalue weighted by Crippen LogP contribution is -2.43. The number of fused-ring (bicyclic) bond motifs is 1. The van der Waals surface area contributed by atoms with E-state index in [0.717, 1.165) is 11.1 Å². The number of benzene rings is 2. The summed E-state index contributed by atoms with van der Waals surface area (Å²) < 4.78 is 28.0. The number of sulfonamides is 1. The van der Waals surface area contributed by atoms with Crippen LogP contribution < -0.4 is 10.6 Å². The molecule has 0 radical (unpaired) electrons. The Labute approximate surface area is 176 Å². The predicted octanol–water partition coefficient (Wildman–Crippen LogP) is 3.06. The Morgan fingerprint density at radius 1 is 1.13 bits per heavy atom. The van der Waals surface area contributed by atoms with Gasteiger partial charge in [0, 0.05) is 24.3 Å². The van der Waals surface area contributed by atoms with Crippen molar-refractivity contribution in [3.05, 3.63) is 53.6 Å². The van der Waals surface area contributed by atoms with E-state index in [-0.39, 0.29) is 16.7 Å². The molecule has 1 atom stereocenters.